The van der Waals surface area contributed by atoms with Crippen molar-refractivity contribution in [2.75, 3.05) is 23.3 Å². The molecule has 1 atom stereocenters. The monoisotopic (exact) mass is 530 g/mol. The van der Waals surface area contributed by atoms with Gasteiger partial charge in [-0.2, -0.15) is 0 Å². The average molecular weight is 531 g/mol. The Hall–Kier alpha value is -3.67. The zero-order valence-electron chi connectivity index (χ0n) is 20.3. The first-order chi connectivity index (χ1) is 17.9. The predicted octanol–water partition coefficient (Wildman–Crippen LogP) is 8.15. The van der Waals surface area contributed by atoms with E-state index in [0.717, 1.165) is 41.2 Å². The van der Waals surface area contributed by atoms with Gasteiger partial charge in [-0.1, -0.05) is 41.4 Å². The summed E-state index contributed by atoms with van der Waals surface area (Å²) >= 11 is 12.5. The molecule has 0 amide bonds. The van der Waals surface area contributed by atoms with Gasteiger partial charge in [0, 0.05) is 52.2 Å². The second kappa shape index (κ2) is 9.02. The van der Waals surface area contributed by atoms with Crippen molar-refractivity contribution in [1.82, 2.24) is 0 Å². The van der Waals surface area contributed by atoms with Crippen molar-refractivity contribution in [2.24, 2.45) is 0 Å². The van der Waals surface area contributed by atoms with E-state index in [4.69, 9.17) is 32.7 Å². The number of rotatable bonds is 5. The van der Waals surface area contributed by atoms with E-state index in [9.17, 15) is 4.79 Å². The fraction of sp³-hybridized carbons (Fsp3) is 0.167. The van der Waals surface area contributed by atoms with Crippen LogP contribution in [0.2, 0.25) is 10.0 Å². The molecular formula is C30H24Cl2N2O3. The lowest BCUT2D eigenvalue weighted by Gasteiger charge is -2.37. The first kappa shape index (κ1) is 23.7. The van der Waals surface area contributed by atoms with Crippen LogP contribution in [-0.2, 0) is 10.3 Å². The molecule has 0 saturated carbocycles. The third kappa shape index (κ3) is 3.73. The number of carbonyl (C=O) groups excluding carboxylic acids is 1. The van der Waals surface area contributed by atoms with Crippen LogP contribution in [-0.4, -0.2) is 19.1 Å². The van der Waals surface area contributed by atoms with E-state index in [1.54, 1.807) is 18.2 Å². The summed E-state index contributed by atoms with van der Waals surface area (Å²) in [5.41, 5.74) is 4.27. The minimum absolute atomic E-state index is 0.360. The largest absolute Gasteiger partial charge is 0.456 e. The van der Waals surface area contributed by atoms with Gasteiger partial charge in [-0.15, -0.1) is 0 Å². The Morgan fingerprint density at radius 2 is 1.65 bits per heavy atom. The van der Waals surface area contributed by atoms with Crippen molar-refractivity contribution in [1.29, 1.82) is 0 Å². The Bertz CT molecular complexity index is 1550. The third-order valence-electron chi connectivity index (χ3n) is 7.03. The summed E-state index contributed by atoms with van der Waals surface area (Å²) in [5.74, 6) is 0.936. The number of hydrogen-bond donors (Lipinski definition) is 1. The molecule has 6 rings (SSSR count). The molecule has 0 aliphatic carbocycles. The molecule has 0 saturated heterocycles. The number of nitrogens with zero attached hydrogens (tertiary/aromatic N) is 1. The molecule has 2 aliphatic heterocycles. The molecule has 1 unspecified atom stereocenters. The zero-order valence-corrected chi connectivity index (χ0v) is 21.9. The van der Waals surface area contributed by atoms with Gasteiger partial charge >= 0.3 is 5.97 Å². The Kier molecular flexibility index (Phi) is 5.78. The van der Waals surface area contributed by atoms with Gasteiger partial charge < -0.3 is 19.7 Å². The van der Waals surface area contributed by atoms with E-state index in [-0.39, 0.29) is 5.97 Å². The van der Waals surface area contributed by atoms with Gasteiger partial charge in [0.15, 0.2) is 5.60 Å². The summed E-state index contributed by atoms with van der Waals surface area (Å²) < 4.78 is 12.8. The highest BCUT2D eigenvalue weighted by Gasteiger charge is 2.53. The molecule has 2 heterocycles. The van der Waals surface area contributed by atoms with Crippen LogP contribution in [0, 0.1) is 0 Å². The average Bonchev–Trinajstić information content (AvgIpc) is 3.20. The highest BCUT2D eigenvalue weighted by Crippen LogP contribution is 2.57. The molecule has 0 aromatic heterocycles. The second-order valence-electron chi connectivity index (χ2n) is 9.03. The fourth-order valence-electron chi connectivity index (χ4n) is 5.27. The van der Waals surface area contributed by atoms with Crippen LogP contribution in [0.4, 0.5) is 17.1 Å². The lowest BCUT2D eigenvalue weighted by molar-refractivity contribution is 0.0224. The van der Waals surface area contributed by atoms with Crippen LogP contribution in [0.3, 0.4) is 0 Å². The highest BCUT2D eigenvalue weighted by molar-refractivity contribution is 6.36. The number of nitrogens with one attached hydrogen (secondary N) is 1. The lowest BCUT2D eigenvalue weighted by atomic mass is 9.77. The van der Waals surface area contributed by atoms with Crippen molar-refractivity contribution in [3.8, 4) is 11.5 Å². The molecule has 4 aromatic rings. The van der Waals surface area contributed by atoms with Gasteiger partial charge in [-0.3, -0.25) is 0 Å². The quantitative estimate of drug-likeness (QED) is 0.264. The van der Waals surface area contributed by atoms with Gasteiger partial charge in [0.05, 0.1) is 16.3 Å². The first-order valence-electron chi connectivity index (χ1n) is 12.2. The zero-order chi connectivity index (χ0) is 25.7. The van der Waals surface area contributed by atoms with Crippen LogP contribution in [0.15, 0.2) is 78.9 Å². The number of fused-ring (bicyclic) bond motifs is 6. The molecule has 0 fully saturated rings. The predicted molar refractivity (Wildman–Crippen MR) is 148 cm³/mol. The van der Waals surface area contributed by atoms with E-state index >= 15 is 0 Å². The SMILES string of the molecule is CCN(CC)c1ccc2c(c1)Oc1ccc(Nc3ccc(Cl)cc3Cl)cc1C21OC(=O)c2ccccc21. The number of esters is 1. The van der Waals surface area contributed by atoms with Crippen molar-refractivity contribution < 1.29 is 14.3 Å². The van der Waals surface area contributed by atoms with E-state index in [1.807, 2.05) is 54.6 Å². The number of anilines is 3. The van der Waals surface area contributed by atoms with Crippen LogP contribution >= 0.6 is 23.2 Å². The number of carbonyl (C=O) groups is 1. The maximum atomic E-state index is 13.2. The Morgan fingerprint density at radius 1 is 0.838 bits per heavy atom. The summed E-state index contributed by atoms with van der Waals surface area (Å²) in [4.78, 5) is 15.4. The molecule has 0 radical (unpaired) electrons. The smallest absolute Gasteiger partial charge is 0.340 e. The molecule has 1 spiro atoms. The molecule has 7 heteroatoms. The minimum atomic E-state index is -1.14. The first-order valence-corrected chi connectivity index (χ1v) is 13.0. The molecule has 4 aromatic carbocycles. The van der Waals surface area contributed by atoms with Crippen molar-refractivity contribution in [2.45, 2.75) is 19.4 Å². The molecule has 2 aliphatic rings. The van der Waals surface area contributed by atoms with Crippen LogP contribution in [0.5, 0.6) is 11.5 Å². The second-order valence-corrected chi connectivity index (χ2v) is 9.87. The summed E-state index contributed by atoms with van der Waals surface area (Å²) in [5, 5.41) is 4.42. The summed E-state index contributed by atoms with van der Waals surface area (Å²) in [6.07, 6.45) is 0. The summed E-state index contributed by atoms with van der Waals surface area (Å²) in [6, 6.07) is 24.7. The van der Waals surface area contributed by atoms with Gasteiger partial charge in [0.25, 0.3) is 0 Å². The van der Waals surface area contributed by atoms with Gasteiger partial charge in [0.1, 0.15) is 11.5 Å². The number of ether oxygens (including phenoxy) is 2. The molecule has 37 heavy (non-hydrogen) atoms. The maximum absolute atomic E-state index is 13.2. The molecule has 5 nitrogen and oxygen atoms in total. The molecule has 186 valence electrons. The van der Waals surface area contributed by atoms with Crippen LogP contribution < -0.4 is 15.0 Å². The van der Waals surface area contributed by atoms with E-state index in [1.165, 1.54) is 0 Å². The Labute approximate surface area is 225 Å². The Morgan fingerprint density at radius 3 is 2.43 bits per heavy atom. The van der Waals surface area contributed by atoms with Crippen molar-refractivity contribution in [3.63, 3.8) is 0 Å². The topological polar surface area (TPSA) is 50.8 Å². The number of benzene rings is 4. The number of hydrogen-bond acceptors (Lipinski definition) is 5. The normalized spacial score (nSPS) is 16.9. The van der Waals surface area contributed by atoms with Gasteiger partial charge in [0.2, 0.25) is 0 Å². The van der Waals surface area contributed by atoms with Crippen LogP contribution in [0.25, 0.3) is 0 Å². The highest BCUT2D eigenvalue weighted by atomic mass is 35.5. The Balaban J connectivity index is 1.54. The minimum Gasteiger partial charge on any atom is -0.456 e. The molecular weight excluding hydrogens is 507 g/mol. The third-order valence-corrected chi connectivity index (χ3v) is 7.58. The standard InChI is InChI=1S/C30H24Cl2N2O3/c1-3-34(4-2)20-11-12-23-28(17-20)36-27-14-10-19(33-26-13-9-18(31)15-25(26)32)16-24(27)30(23)22-8-6-5-7-21(22)29(35)37-30/h5-17,33H,3-4H2,1-2H3. The maximum Gasteiger partial charge on any atom is 0.340 e. The number of halogens is 2. The summed E-state index contributed by atoms with van der Waals surface area (Å²) in [7, 11) is 0. The van der Waals surface area contributed by atoms with Crippen LogP contribution in [0.1, 0.15) is 40.9 Å². The molecule has 1 N–H and O–H groups in total. The van der Waals surface area contributed by atoms with E-state index in [2.05, 4.69) is 30.1 Å². The van der Waals surface area contributed by atoms with E-state index < -0.39 is 5.60 Å². The molecule has 0 bridgehead atoms. The van der Waals surface area contributed by atoms with Gasteiger partial charge in [-0.25, -0.2) is 4.79 Å². The van der Waals surface area contributed by atoms with E-state index in [0.29, 0.717) is 32.8 Å². The summed E-state index contributed by atoms with van der Waals surface area (Å²) in [6.45, 7) is 5.99. The fourth-order valence-corrected chi connectivity index (χ4v) is 5.73. The van der Waals surface area contributed by atoms with Gasteiger partial charge in [-0.05, 0) is 68.4 Å². The van der Waals surface area contributed by atoms with Crippen molar-refractivity contribution >= 4 is 46.2 Å². The lowest BCUT2D eigenvalue weighted by Crippen LogP contribution is -2.33. The van der Waals surface area contributed by atoms with Crippen molar-refractivity contribution in [3.05, 3.63) is 111 Å².